The Bertz CT molecular complexity index is 1290. The topological polar surface area (TPSA) is 69.4 Å². The summed E-state index contributed by atoms with van der Waals surface area (Å²) in [7, 11) is 0. The van der Waals surface area contributed by atoms with Crippen LogP contribution in [0.2, 0.25) is 5.02 Å². The predicted molar refractivity (Wildman–Crippen MR) is 125 cm³/mol. The van der Waals surface area contributed by atoms with Gasteiger partial charge >= 0.3 is 6.03 Å². The van der Waals surface area contributed by atoms with Crippen LogP contribution in [0.3, 0.4) is 0 Å². The van der Waals surface area contributed by atoms with E-state index in [1.165, 1.54) is 6.07 Å². The minimum Gasteiger partial charge on any atom is -0.489 e. The van der Waals surface area contributed by atoms with Gasteiger partial charge in [0, 0.05) is 46.3 Å². The molecule has 0 spiro atoms. The fraction of sp³-hybridized carbons (Fsp3) is 0.125. The second kappa shape index (κ2) is 8.43. The molecule has 0 atom stereocenters. The highest BCUT2D eigenvalue weighted by molar-refractivity contribution is 6.31. The Kier molecular flexibility index (Phi) is 5.33. The summed E-state index contributed by atoms with van der Waals surface area (Å²) in [5.74, 6) is 0.285. The van der Waals surface area contributed by atoms with Gasteiger partial charge in [0.1, 0.15) is 18.2 Å². The van der Waals surface area contributed by atoms with E-state index in [1.807, 2.05) is 41.4 Å². The van der Waals surface area contributed by atoms with E-state index in [2.05, 4.69) is 15.6 Å². The number of carbonyl (C=O) groups is 1. The van der Waals surface area contributed by atoms with Gasteiger partial charge in [-0.2, -0.15) is 0 Å². The Labute approximate surface area is 188 Å². The smallest absolute Gasteiger partial charge is 0.323 e. The second-order valence-electron chi connectivity index (χ2n) is 7.51. The average molecular weight is 451 g/mol. The van der Waals surface area contributed by atoms with E-state index in [0.717, 1.165) is 16.6 Å². The molecule has 1 aliphatic heterocycles. The lowest BCUT2D eigenvalue weighted by molar-refractivity contribution is 0.262. The van der Waals surface area contributed by atoms with E-state index < -0.39 is 0 Å². The fourth-order valence-corrected chi connectivity index (χ4v) is 4.04. The maximum atomic E-state index is 14.2. The summed E-state index contributed by atoms with van der Waals surface area (Å²) in [6.07, 6.45) is 1.85. The van der Waals surface area contributed by atoms with Crippen LogP contribution in [0.4, 0.5) is 26.2 Å². The third-order valence-corrected chi connectivity index (χ3v) is 5.75. The van der Waals surface area contributed by atoms with Crippen molar-refractivity contribution in [2.45, 2.75) is 6.54 Å². The molecule has 3 aromatic carbocycles. The maximum absolute atomic E-state index is 14.2. The van der Waals surface area contributed by atoms with Gasteiger partial charge in [0.15, 0.2) is 0 Å². The predicted octanol–water partition coefficient (Wildman–Crippen LogP) is 6.00. The molecule has 32 heavy (non-hydrogen) atoms. The molecule has 0 fully saturated rings. The molecule has 0 radical (unpaired) electrons. The molecule has 162 valence electrons. The number of benzene rings is 3. The first kappa shape index (κ1) is 20.2. The third kappa shape index (κ3) is 4.07. The van der Waals surface area contributed by atoms with Crippen LogP contribution in [0.15, 0.2) is 66.9 Å². The number of fused-ring (bicyclic) bond motifs is 2. The van der Waals surface area contributed by atoms with E-state index in [1.54, 1.807) is 24.3 Å². The van der Waals surface area contributed by atoms with Crippen molar-refractivity contribution >= 4 is 45.6 Å². The Hall–Kier alpha value is -3.71. The van der Waals surface area contributed by atoms with Crippen LogP contribution >= 0.6 is 11.6 Å². The van der Waals surface area contributed by atoms with Crippen LogP contribution in [-0.2, 0) is 6.54 Å². The molecule has 2 heterocycles. The molecule has 1 aliphatic rings. The molecule has 8 heteroatoms. The molecule has 0 bridgehead atoms. The number of halogens is 2. The quantitative estimate of drug-likeness (QED) is 0.357. The van der Waals surface area contributed by atoms with Crippen LogP contribution < -0.4 is 20.3 Å². The van der Waals surface area contributed by atoms with Crippen molar-refractivity contribution in [3.8, 4) is 5.75 Å². The largest absolute Gasteiger partial charge is 0.489 e. The molecule has 0 aliphatic carbocycles. The summed E-state index contributed by atoms with van der Waals surface area (Å²) in [4.78, 5) is 17.6. The number of ether oxygens (including phenoxy) is 1. The van der Waals surface area contributed by atoms with Crippen LogP contribution in [0.25, 0.3) is 10.9 Å². The van der Waals surface area contributed by atoms with Crippen molar-refractivity contribution in [2.24, 2.45) is 0 Å². The zero-order valence-corrected chi connectivity index (χ0v) is 17.7. The van der Waals surface area contributed by atoms with Crippen molar-refractivity contribution in [1.82, 2.24) is 4.98 Å². The summed E-state index contributed by atoms with van der Waals surface area (Å²) in [5.41, 5.74) is 3.48. The first-order valence-corrected chi connectivity index (χ1v) is 10.5. The summed E-state index contributed by atoms with van der Waals surface area (Å²) < 4.78 is 20.0. The number of nitrogens with zero attached hydrogens (tertiary/aromatic N) is 1. The molecule has 5 rings (SSSR count). The standard InChI is InChI=1S/C24H20ClFN4O2/c25-19-2-1-3-20(26)18(19)14-30-10-11-32-23-13-17(6-7-22(23)30)29-24(31)28-16-5-4-15-8-9-27-21(15)12-16/h1-9,12-13,27H,10-11,14H2,(H2,28,29,31). The van der Waals surface area contributed by atoms with Gasteiger partial charge in [-0.05, 0) is 47.9 Å². The van der Waals surface area contributed by atoms with E-state index in [0.29, 0.717) is 47.4 Å². The average Bonchev–Trinajstić information content (AvgIpc) is 3.24. The minimum absolute atomic E-state index is 0.330. The lowest BCUT2D eigenvalue weighted by atomic mass is 10.1. The Morgan fingerprint density at radius 1 is 1.09 bits per heavy atom. The number of hydrogen-bond donors (Lipinski definition) is 3. The van der Waals surface area contributed by atoms with Crippen LogP contribution in [0, 0.1) is 5.82 Å². The summed E-state index contributed by atoms with van der Waals surface area (Å²) in [5, 5.41) is 7.12. The SMILES string of the molecule is O=C(Nc1ccc2c(c1)OCCN2Cc1c(F)cccc1Cl)Nc1ccc2cc[nH]c2c1. The summed E-state index contributed by atoms with van der Waals surface area (Å²) in [6.45, 7) is 1.38. The normalized spacial score (nSPS) is 12.9. The first-order chi connectivity index (χ1) is 15.6. The van der Waals surface area contributed by atoms with Gasteiger partial charge in [0.25, 0.3) is 0 Å². The van der Waals surface area contributed by atoms with Gasteiger partial charge in [-0.1, -0.05) is 23.7 Å². The molecule has 0 unspecified atom stereocenters. The number of nitrogens with one attached hydrogen (secondary N) is 3. The summed E-state index contributed by atoms with van der Waals surface area (Å²) in [6, 6.07) is 17.3. The van der Waals surface area contributed by atoms with Crippen molar-refractivity contribution in [1.29, 1.82) is 0 Å². The fourth-order valence-electron chi connectivity index (χ4n) is 3.81. The number of aromatic nitrogens is 1. The van der Waals surface area contributed by atoms with Crippen molar-refractivity contribution in [3.05, 3.63) is 83.3 Å². The zero-order valence-electron chi connectivity index (χ0n) is 17.0. The molecule has 0 saturated carbocycles. The number of urea groups is 1. The molecule has 2 amide bonds. The lowest BCUT2D eigenvalue weighted by Gasteiger charge is -2.32. The first-order valence-electron chi connectivity index (χ1n) is 10.2. The molecular formula is C24H20ClFN4O2. The third-order valence-electron chi connectivity index (χ3n) is 5.40. The highest BCUT2D eigenvalue weighted by atomic mass is 35.5. The van der Waals surface area contributed by atoms with Crippen molar-refractivity contribution in [3.63, 3.8) is 0 Å². The highest BCUT2D eigenvalue weighted by Gasteiger charge is 2.21. The monoisotopic (exact) mass is 450 g/mol. The molecule has 6 nitrogen and oxygen atoms in total. The van der Waals surface area contributed by atoms with E-state index in [9.17, 15) is 9.18 Å². The van der Waals surface area contributed by atoms with Gasteiger partial charge < -0.3 is 25.3 Å². The van der Waals surface area contributed by atoms with E-state index in [4.69, 9.17) is 16.3 Å². The molecular weight excluding hydrogens is 431 g/mol. The minimum atomic E-state index is -0.360. The van der Waals surface area contributed by atoms with Crippen LogP contribution in [0.5, 0.6) is 5.75 Å². The maximum Gasteiger partial charge on any atom is 0.323 e. The van der Waals surface area contributed by atoms with Gasteiger partial charge in [-0.3, -0.25) is 0 Å². The highest BCUT2D eigenvalue weighted by Crippen LogP contribution is 2.36. The zero-order chi connectivity index (χ0) is 22.1. The van der Waals surface area contributed by atoms with E-state index in [-0.39, 0.29) is 11.8 Å². The molecule has 3 N–H and O–H groups in total. The molecule has 4 aromatic rings. The van der Waals surface area contributed by atoms with Gasteiger partial charge in [0.2, 0.25) is 0 Å². The summed E-state index contributed by atoms with van der Waals surface area (Å²) >= 11 is 6.20. The number of hydrogen-bond acceptors (Lipinski definition) is 3. The van der Waals surface area contributed by atoms with Crippen LogP contribution in [0.1, 0.15) is 5.56 Å². The van der Waals surface area contributed by atoms with E-state index >= 15 is 0 Å². The van der Waals surface area contributed by atoms with Gasteiger partial charge in [-0.15, -0.1) is 0 Å². The van der Waals surface area contributed by atoms with Crippen LogP contribution in [-0.4, -0.2) is 24.2 Å². The molecule has 1 aromatic heterocycles. The van der Waals surface area contributed by atoms with Gasteiger partial charge in [-0.25, -0.2) is 9.18 Å². The Morgan fingerprint density at radius 2 is 1.91 bits per heavy atom. The van der Waals surface area contributed by atoms with Gasteiger partial charge in [0.05, 0.1) is 12.2 Å². The number of H-pyrrole nitrogens is 1. The molecule has 0 saturated heterocycles. The van der Waals surface area contributed by atoms with Crippen molar-refractivity contribution in [2.75, 3.05) is 28.7 Å². The number of rotatable bonds is 4. The number of carbonyl (C=O) groups excluding carboxylic acids is 1. The Balaban J connectivity index is 1.30. The second-order valence-corrected chi connectivity index (χ2v) is 7.92. The number of amides is 2. The lowest BCUT2D eigenvalue weighted by Crippen LogP contribution is -2.32. The number of aromatic amines is 1. The number of anilines is 3. The van der Waals surface area contributed by atoms with Crippen molar-refractivity contribution < 1.29 is 13.9 Å². The Morgan fingerprint density at radius 3 is 2.75 bits per heavy atom.